The van der Waals surface area contributed by atoms with Gasteiger partial charge in [0.05, 0.1) is 4.91 Å². The summed E-state index contributed by atoms with van der Waals surface area (Å²) in [5.74, 6) is 0.0712. The fraction of sp³-hybridized carbons (Fsp3) is 0.545. The van der Waals surface area contributed by atoms with Crippen LogP contribution in [0.15, 0.2) is 17.0 Å². The highest BCUT2D eigenvalue weighted by Gasteiger charge is 2.37. The first-order valence-corrected chi connectivity index (χ1v) is 10.2. The number of carbonyl (C=O) groups excluding carboxylic acids is 2. The van der Waals surface area contributed by atoms with E-state index in [1.165, 1.54) is 4.90 Å². The number of aromatic hydroxyl groups is 1. The minimum Gasteiger partial charge on any atom is -0.507 e. The molecule has 4 nitrogen and oxygen atoms in total. The Morgan fingerprint density at radius 1 is 1.07 bits per heavy atom. The Bertz CT molecular complexity index is 762. The maximum atomic E-state index is 12.7. The van der Waals surface area contributed by atoms with Crippen LogP contribution in [0.5, 0.6) is 5.75 Å². The van der Waals surface area contributed by atoms with Crippen LogP contribution in [0.3, 0.4) is 0 Å². The quantitative estimate of drug-likeness (QED) is 0.662. The molecule has 0 spiro atoms. The van der Waals surface area contributed by atoms with E-state index < -0.39 is 0 Å². The Morgan fingerprint density at radius 2 is 1.56 bits per heavy atom. The second kappa shape index (κ2) is 7.34. The van der Waals surface area contributed by atoms with E-state index in [-0.39, 0.29) is 28.0 Å². The molecule has 27 heavy (non-hydrogen) atoms. The number of phenols is 1. The molecular weight excluding hydrogens is 358 g/mol. The number of amides is 2. The SMILES string of the molecule is CCC(C)N1C(=O)SC(=Cc2cc(C(C)(C)C)c(O)c(C(C)(C)C)c2)C1=O. The van der Waals surface area contributed by atoms with Crippen molar-refractivity contribution in [3.8, 4) is 5.75 Å². The molecule has 1 unspecified atom stereocenters. The molecule has 2 amide bonds. The van der Waals surface area contributed by atoms with Gasteiger partial charge in [-0.3, -0.25) is 14.5 Å². The summed E-state index contributed by atoms with van der Waals surface area (Å²) in [5.41, 5.74) is 2.01. The van der Waals surface area contributed by atoms with E-state index in [1.54, 1.807) is 6.08 Å². The smallest absolute Gasteiger partial charge is 0.293 e. The van der Waals surface area contributed by atoms with Crippen molar-refractivity contribution < 1.29 is 14.7 Å². The molecule has 1 heterocycles. The summed E-state index contributed by atoms with van der Waals surface area (Å²) < 4.78 is 0. The van der Waals surface area contributed by atoms with Gasteiger partial charge in [-0.25, -0.2) is 0 Å². The summed E-state index contributed by atoms with van der Waals surface area (Å²) in [6, 6.07) is 3.72. The van der Waals surface area contributed by atoms with E-state index in [2.05, 4.69) is 41.5 Å². The zero-order chi connectivity index (χ0) is 20.7. The van der Waals surface area contributed by atoms with Crippen molar-refractivity contribution in [2.75, 3.05) is 0 Å². The van der Waals surface area contributed by atoms with Crippen LogP contribution in [0.1, 0.15) is 78.5 Å². The van der Waals surface area contributed by atoms with E-state index in [0.29, 0.717) is 10.7 Å². The predicted octanol–water partition coefficient (Wildman–Crippen LogP) is 5.82. The van der Waals surface area contributed by atoms with E-state index >= 15 is 0 Å². The molecule has 2 rings (SSSR count). The van der Waals surface area contributed by atoms with Crippen molar-refractivity contribution in [3.63, 3.8) is 0 Å². The maximum Gasteiger partial charge on any atom is 0.293 e. The molecule has 1 aromatic carbocycles. The molecule has 1 saturated heterocycles. The van der Waals surface area contributed by atoms with Crippen LogP contribution in [-0.2, 0) is 15.6 Å². The van der Waals surface area contributed by atoms with Gasteiger partial charge in [-0.15, -0.1) is 0 Å². The van der Waals surface area contributed by atoms with Gasteiger partial charge in [0.15, 0.2) is 0 Å². The molecule has 148 valence electrons. The molecule has 1 aliphatic heterocycles. The Labute approximate surface area is 167 Å². The second-order valence-corrected chi connectivity index (χ2v) is 10.3. The predicted molar refractivity (Wildman–Crippen MR) is 113 cm³/mol. The zero-order valence-corrected chi connectivity index (χ0v) is 18.5. The van der Waals surface area contributed by atoms with Gasteiger partial charge in [-0.1, -0.05) is 48.5 Å². The van der Waals surface area contributed by atoms with Gasteiger partial charge in [-0.2, -0.15) is 0 Å². The zero-order valence-electron chi connectivity index (χ0n) is 17.6. The number of carbonyl (C=O) groups is 2. The number of phenolic OH excluding ortho intramolecular Hbond substituents is 1. The molecule has 0 saturated carbocycles. The van der Waals surface area contributed by atoms with Gasteiger partial charge >= 0.3 is 0 Å². The summed E-state index contributed by atoms with van der Waals surface area (Å²) in [5, 5.41) is 10.6. The molecule has 1 N–H and O–H groups in total. The molecule has 1 fully saturated rings. The molecular formula is C22H31NO3S. The first-order chi connectivity index (χ1) is 12.3. The van der Waals surface area contributed by atoms with Gasteiger partial charge in [0, 0.05) is 17.2 Å². The number of thioether (sulfide) groups is 1. The van der Waals surface area contributed by atoms with Crippen LogP contribution in [0, 0.1) is 0 Å². The summed E-state index contributed by atoms with van der Waals surface area (Å²) in [7, 11) is 0. The van der Waals surface area contributed by atoms with Crippen molar-refractivity contribution in [1.82, 2.24) is 4.90 Å². The van der Waals surface area contributed by atoms with Gasteiger partial charge in [0.1, 0.15) is 5.75 Å². The van der Waals surface area contributed by atoms with Gasteiger partial charge in [0.2, 0.25) is 0 Å². The number of nitrogens with zero attached hydrogens (tertiary/aromatic N) is 1. The Balaban J connectivity index is 2.58. The summed E-state index contributed by atoms with van der Waals surface area (Å²) >= 11 is 0.987. The summed E-state index contributed by atoms with van der Waals surface area (Å²) in [6.07, 6.45) is 2.50. The number of benzene rings is 1. The Hall–Kier alpha value is -1.75. The van der Waals surface area contributed by atoms with Crippen LogP contribution in [0.25, 0.3) is 6.08 Å². The lowest BCUT2D eigenvalue weighted by Crippen LogP contribution is -2.36. The largest absolute Gasteiger partial charge is 0.507 e. The van der Waals surface area contributed by atoms with Gasteiger partial charge in [0.25, 0.3) is 11.1 Å². The normalized spacial score (nSPS) is 18.5. The topological polar surface area (TPSA) is 57.6 Å². The minimum absolute atomic E-state index is 0.113. The van der Waals surface area contributed by atoms with Crippen LogP contribution in [0.2, 0.25) is 0 Å². The van der Waals surface area contributed by atoms with Crippen LogP contribution >= 0.6 is 11.8 Å². The number of rotatable bonds is 3. The van der Waals surface area contributed by atoms with Gasteiger partial charge < -0.3 is 5.11 Å². The third-order valence-corrected chi connectivity index (χ3v) is 5.78. The number of imide groups is 1. The highest BCUT2D eigenvalue weighted by Crippen LogP contribution is 2.41. The fourth-order valence-corrected chi connectivity index (χ4v) is 4.01. The molecule has 1 atom stereocenters. The number of hydrogen-bond donors (Lipinski definition) is 1. The lowest BCUT2D eigenvalue weighted by atomic mass is 9.78. The highest BCUT2D eigenvalue weighted by atomic mass is 32.2. The second-order valence-electron chi connectivity index (χ2n) is 9.27. The molecule has 5 heteroatoms. The Morgan fingerprint density at radius 3 is 1.96 bits per heavy atom. The first-order valence-electron chi connectivity index (χ1n) is 9.42. The molecule has 0 aliphatic carbocycles. The van der Waals surface area contributed by atoms with Gasteiger partial charge in [-0.05, 0) is 59.7 Å². The molecule has 0 radical (unpaired) electrons. The van der Waals surface area contributed by atoms with E-state index in [9.17, 15) is 14.7 Å². The van der Waals surface area contributed by atoms with Crippen LogP contribution in [-0.4, -0.2) is 27.2 Å². The van der Waals surface area contributed by atoms with Crippen LogP contribution in [0.4, 0.5) is 4.79 Å². The van der Waals surface area contributed by atoms with Crippen LogP contribution < -0.4 is 0 Å². The average molecular weight is 390 g/mol. The third-order valence-electron chi connectivity index (χ3n) is 4.90. The summed E-state index contributed by atoms with van der Waals surface area (Å²) in [6.45, 7) is 16.1. The molecule has 0 bridgehead atoms. The lowest BCUT2D eigenvalue weighted by molar-refractivity contribution is -0.124. The first kappa shape index (κ1) is 21.5. The van der Waals surface area contributed by atoms with Crippen molar-refractivity contribution in [2.45, 2.75) is 78.7 Å². The Kier molecular flexibility index (Phi) is 5.86. The summed E-state index contributed by atoms with van der Waals surface area (Å²) in [4.78, 5) is 26.8. The maximum absolute atomic E-state index is 12.7. The van der Waals surface area contributed by atoms with E-state index in [0.717, 1.165) is 34.9 Å². The monoisotopic (exact) mass is 389 g/mol. The standard InChI is InChI=1S/C22H31NO3S/c1-9-13(2)23-19(25)17(27-20(23)26)12-14-10-15(21(3,4)5)18(24)16(11-14)22(6,7)8/h10-13,24H,9H2,1-8H3. The van der Waals surface area contributed by atoms with Crippen molar-refractivity contribution in [1.29, 1.82) is 0 Å². The number of hydrogen-bond acceptors (Lipinski definition) is 4. The van der Waals surface area contributed by atoms with E-state index in [4.69, 9.17) is 0 Å². The minimum atomic E-state index is -0.246. The molecule has 1 aromatic rings. The van der Waals surface area contributed by atoms with Crippen molar-refractivity contribution >= 4 is 29.0 Å². The third kappa shape index (κ3) is 4.40. The molecule has 1 aliphatic rings. The lowest BCUT2D eigenvalue weighted by Gasteiger charge is -2.28. The molecule has 0 aromatic heterocycles. The average Bonchev–Trinajstić information content (AvgIpc) is 2.80. The van der Waals surface area contributed by atoms with Crippen molar-refractivity contribution in [3.05, 3.63) is 33.7 Å². The highest BCUT2D eigenvalue weighted by molar-refractivity contribution is 8.18. The van der Waals surface area contributed by atoms with Crippen molar-refractivity contribution in [2.24, 2.45) is 0 Å². The fourth-order valence-electron chi connectivity index (χ4n) is 3.08. The van der Waals surface area contributed by atoms with E-state index in [1.807, 2.05) is 26.0 Å².